The van der Waals surface area contributed by atoms with Gasteiger partial charge in [0.05, 0.1) is 0 Å². The Morgan fingerprint density at radius 3 is 2.28 bits per heavy atom. The van der Waals surface area contributed by atoms with E-state index in [0.717, 1.165) is 6.54 Å². The van der Waals surface area contributed by atoms with Crippen LogP contribution in [0.1, 0.15) is 47.1 Å². The molecule has 2 heteroatoms. The Bertz CT molecular complexity index is 366. The van der Waals surface area contributed by atoms with Gasteiger partial charge in [-0.05, 0) is 38.3 Å². The summed E-state index contributed by atoms with van der Waals surface area (Å²) < 4.78 is 0. The normalized spacial score (nSPS) is 13.9. The molecule has 0 aliphatic heterocycles. The average molecular weight is 265 g/mol. The fourth-order valence-corrected chi connectivity index (χ4v) is 2.58. The minimum Gasteiger partial charge on any atom is -0.308 e. The van der Waals surface area contributed by atoms with Gasteiger partial charge in [-0.3, -0.25) is 0 Å². The molecular weight excluding hydrogens is 238 g/mol. The Balaban J connectivity index is 2.73. The topological polar surface area (TPSA) is 12.0 Å². The Morgan fingerprint density at radius 1 is 1.11 bits per heavy atom. The van der Waals surface area contributed by atoms with Crippen LogP contribution in [-0.2, 0) is 6.54 Å². The number of thioether (sulfide) groups is 1. The van der Waals surface area contributed by atoms with Crippen molar-refractivity contribution >= 4 is 11.8 Å². The van der Waals surface area contributed by atoms with Crippen molar-refractivity contribution in [3.8, 4) is 0 Å². The lowest BCUT2D eigenvalue weighted by Crippen LogP contribution is -2.35. The van der Waals surface area contributed by atoms with Gasteiger partial charge < -0.3 is 5.32 Å². The maximum atomic E-state index is 3.57. The van der Waals surface area contributed by atoms with Crippen LogP contribution in [0, 0.1) is 5.92 Å². The Morgan fingerprint density at radius 2 is 1.72 bits per heavy atom. The molecule has 0 fully saturated rings. The summed E-state index contributed by atoms with van der Waals surface area (Å²) in [4.78, 5) is 1.41. The first-order valence-electron chi connectivity index (χ1n) is 6.79. The summed E-state index contributed by atoms with van der Waals surface area (Å²) in [6, 6.07) is 8.73. The summed E-state index contributed by atoms with van der Waals surface area (Å²) in [6.07, 6.45) is 0. The molecule has 1 rings (SSSR count). The van der Waals surface area contributed by atoms with Gasteiger partial charge in [0, 0.05) is 22.2 Å². The standard InChI is InChI=1S/C16H27NS/c1-12(2)13(3)18-15-10-8-7-9-14(15)11-17-16(4,5)6/h7-10,12-13,17H,11H2,1-6H3. The smallest absolute Gasteiger partial charge is 0.0221 e. The Kier molecular flexibility index (Phi) is 5.74. The van der Waals surface area contributed by atoms with Crippen molar-refractivity contribution < 1.29 is 0 Å². The van der Waals surface area contributed by atoms with Crippen LogP contribution in [0.15, 0.2) is 29.2 Å². The summed E-state index contributed by atoms with van der Waals surface area (Å²) in [5.41, 5.74) is 1.58. The van der Waals surface area contributed by atoms with Gasteiger partial charge in [0.1, 0.15) is 0 Å². The second-order valence-corrected chi connectivity index (χ2v) is 7.70. The van der Waals surface area contributed by atoms with Crippen molar-refractivity contribution in [2.75, 3.05) is 0 Å². The highest BCUT2D eigenvalue weighted by Crippen LogP contribution is 2.30. The summed E-state index contributed by atoms with van der Waals surface area (Å²) in [6.45, 7) is 14.4. The van der Waals surface area contributed by atoms with Crippen LogP contribution >= 0.6 is 11.8 Å². The van der Waals surface area contributed by atoms with E-state index in [1.54, 1.807) is 0 Å². The molecule has 1 aromatic rings. The first-order valence-corrected chi connectivity index (χ1v) is 7.67. The lowest BCUT2D eigenvalue weighted by atomic mass is 10.1. The molecule has 0 bridgehead atoms. The lowest BCUT2D eigenvalue weighted by Gasteiger charge is -2.22. The molecule has 102 valence electrons. The minimum atomic E-state index is 0.168. The summed E-state index contributed by atoms with van der Waals surface area (Å²) >= 11 is 1.99. The van der Waals surface area contributed by atoms with Crippen LogP contribution in [-0.4, -0.2) is 10.8 Å². The van der Waals surface area contributed by atoms with Gasteiger partial charge in [0.2, 0.25) is 0 Å². The first kappa shape index (κ1) is 15.6. The minimum absolute atomic E-state index is 0.168. The third-order valence-corrected chi connectivity index (χ3v) is 4.60. The van der Waals surface area contributed by atoms with E-state index in [4.69, 9.17) is 0 Å². The van der Waals surface area contributed by atoms with Gasteiger partial charge >= 0.3 is 0 Å². The van der Waals surface area contributed by atoms with Crippen LogP contribution in [0.5, 0.6) is 0 Å². The predicted octanol–water partition coefficient (Wildman–Crippen LogP) is 4.71. The number of rotatable bonds is 5. The van der Waals surface area contributed by atoms with Gasteiger partial charge in [0.15, 0.2) is 0 Å². The van der Waals surface area contributed by atoms with E-state index < -0.39 is 0 Å². The highest BCUT2D eigenvalue weighted by molar-refractivity contribution is 8.00. The molecule has 0 saturated heterocycles. The van der Waals surface area contributed by atoms with Crippen LogP contribution in [0.2, 0.25) is 0 Å². The number of hydrogen-bond donors (Lipinski definition) is 1. The van der Waals surface area contributed by atoms with Crippen molar-refractivity contribution in [3.05, 3.63) is 29.8 Å². The van der Waals surface area contributed by atoms with Gasteiger partial charge in [-0.1, -0.05) is 39.0 Å². The van der Waals surface area contributed by atoms with E-state index in [0.29, 0.717) is 11.2 Å². The quantitative estimate of drug-likeness (QED) is 0.774. The highest BCUT2D eigenvalue weighted by Gasteiger charge is 2.13. The fraction of sp³-hybridized carbons (Fsp3) is 0.625. The molecule has 0 saturated carbocycles. The summed E-state index contributed by atoms with van der Waals surface area (Å²) in [5.74, 6) is 0.707. The predicted molar refractivity (Wildman–Crippen MR) is 83.2 cm³/mol. The molecule has 0 radical (unpaired) electrons. The third kappa shape index (κ3) is 5.45. The van der Waals surface area contributed by atoms with Gasteiger partial charge in [0.25, 0.3) is 0 Å². The number of benzene rings is 1. The van der Waals surface area contributed by atoms with Crippen molar-refractivity contribution in [2.24, 2.45) is 5.92 Å². The second-order valence-electron chi connectivity index (χ2n) is 6.28. The van der Waals surface area contributed by atoms with Crippen molar-refractivity contribution in [2.45, 2.75) is 63.8 Å². The zero-order chi connectivity index (χ0) is 13.8. The Labute approximate surface area is 117 Å². The van der Waals surface area contributed by atoms with Crippen LogP contribution in [0.25, 0.3) is 0 Å². The SMILES string of the molecule is CC(C)C(C)Sc1ccccc1CNC(C)(C)C. The molecule has 1 unspecified atom stereocenters. The molecule has 0 aliphatic rings. The second kappa shape index (κ2) is 6.63. The van der Waals surface area contributed by atoms with E-state index in [9.17, 15) is 0 Å². The molecule has 0 spiro atoms. The Hall–Kier alpha value is -0.470. The zero-order valence-electron chi connectivity index (χ0n) is 12.6. The van der Waals surface area contributed by atoms with Gasteiger partial charge in [-0.2, -0.15) is 0 Å². The summed E-state index contributed by atoms with van der Waals surface area (Å²) in [7, 11) is 0. The highest BCUT2D eigenvalue weighted by atomic mass is 32.2. The van der Waals surface area contributed by atoms with Gasteiger partial charge in [-0.25, -0.2) is 0 Å². The van der Waals surface area contributed by atoms with E-state index in [1.807, 2.05) is 11.8 Å². The van der Waals surface area contributed by atoms with Gasteiger partial charge in [-0.15, -0.1) is 11.8 Å². The molecule has 18 heavy (non-hydrogen) atoms. The van der Waals surface area contributed by atoms with E-state index in [1.165, 1.54) is 10.5 Å². The number of nitrogens with one attached hydrogen (secondary N) is 1. The first-order chi connectivity index (χ1) is 8.29. The molecule has 0 amide bonds. The van der Waals surface area contributed by atoms with E-state index in [-0.39, 0.29) is 5.54 Å². The van der Waals surface area contributed by atoms with Crippen LogP contribution in [0.4, 0.5) is 0 Å². The maximum absolute atomic E-state index is 3.57. The van der Waals surface area contributed by atoms with Crippen LogP contribution < -0.4 is 5.32 Å². The summed E-state index contributed by atoms with van der Waals surface area (Å²) in [5, 5.41) is 4.22. The largest absolute Gasteiger partial charge is 0.308 e. The monoisotopic (exact) mass is 265 g/mol. The molecule has 1 N–H and O–H groups in total. The van der Waals surface area contributed by atoms with Crippen molar-refractivity contribution in [1.82, 2.24) is 5.32 Å². The molecule has 0 heterocycles. The zero-order valence-corrected chi connectivity index (χ0v) is 13.4. The third-order valence-electron chi connectivity index (χ3n) is 3.03. The van der Waals surface area contributed by atoms with Crippen molar-refractivity contribution in [3.63, 3.8) is 0 Å². The van der Waals surface area contributed by atoms with Crippen molar-refractivity contribution in [1.29, 1.82) is 0 Å². The fourth-order valence-electron chi connectivity index (χ4n) is 1.46. The molecule has 1 nitrogen and oxygen atoms in total. The lowest BCUT2D eigenvalue weighted by molar-refractivity contribution is 0.422. The molecule has 0 aliphatic carbocycles. The number of hydrogen-bond acceptors (Lipinski definition) is 2. The van der Waals surface area contributed by atoms with E-state index >= 15 is 0 Å². The molecular formula is C16H27NS. The molecule has 1 aromatic carbocycles. The average Bonchev–Trinajstić information content (AvgIpc) is 2.26. The maximum Gasteiger partial charge on any atom is 0.0221 e. The van der Waals surface area contributed by atoms with Crippen LogP contribution in [0.3, 0.4) is 0 Å². The van der Waals surface area contributed by atoms with E-state index in [2.05, 4.69) is 71.1 Å². The molecule has 1 atom stereocenters. The molecule has 0 aromatic heterocycles.